The number of hydrogen-bond acceptors (Lipinski definition) is 5. The van der Waals surface area contributed by atoms with Crippen LogP contribution < -0.4 is 4.74 Å². The van der Waals surface area contributed by atoms with Crippen LogP contribution in [0.4, 0.5) is 0 Å². The summed E-state index contributed by atoms with van der Waals surface area (Å²) in [5, 5.41) is 0. The van der Waals surface area contributed by atoms with Gasteiger partial charge in [0.15, 0.2) is 0 Å². The number of esters is 1. The molecule has 0 saturated carbocycles. The maximum absolute atomic E-state index is 12.7. The maximum atomic E-state index is 12.7. The summed E-state index contributed by atoms with van der Waals surface area (Å²) in [4.78, 5) is 24.3. The topological polar surface area (TPSA) is 61.8 Å². The molecule has 0 spiro atoms. The summed E-state index contributed by atoms with van der Waals surface area (Å²) in [6.45, 7) is 1.79. The number of carbonyl (C=O) groups is 2. The number of Topliss-reactive ketones (excluding diaryl/α,β-unsaturated/α-hetero) is 1. The van der Waals surface area contributed by atoms with Gasteiger partial charge in [-0.1, -0.05) is 6.07 Å². The average Bonchev–Trinajstić information content (AvgIpc) is 2.82. The Balaban J connectivity index is 1.75. The van der Waals surface area contributed by atoms with Crippen LogP contribution >= 0.6 is 0 Å². The Hall–Kier alpha value is -1.88. The van der Waals surface area contributed by atoms with E-state index in [1.165, 1.54) is 7.11 Å². The second-order valence-electron chi connectivity index (χ2n) is 6.17. The van der Waals surface area contributed by atoms with E-state index >= 15 is 0 Å². The van der Waals surface area contributed by atoms with Crippen molar-refractivity contribution in [3.63, 3.8) is 0 Å². The van der Waals surface area contributed by atoms with Crippen molar-refractivity contribution in [3.05, 3.63) is 29.3 Å². The van der Waals surface area contributed by atoms with Crippen LogP contribution in [0.1, 0.15) is 35.2 Å². The molecule has 5 heteroatoms. The average molecular weight is 318 g/mol. The predicted molar refractivity (Wildman–Crippen MR) is 83.6 cm³/mol. The molecule has 0 bridgehead atoms. The normalized spacial score (nSPS) is 24.0. The molecule has 124 valence electrons. The van der Waals surface area contributed by atoms with Crippen molar-refractivity contribution in [2.45, 2.75) is 25.7 Å². The number of hydrogen-bond donors (Lipinski definition) is 0. The molecule has 1 saturated heterocycles. The molecule has 5 nitrogen and oxygen atoms in total. The first-order chi connectivity index (χ1) is 11.2. The zero-order valence-corrected chi connectivity index (χ0v) is 13.4. The number of benzene rings is 1. The SMILES string of the molecule is COC(=O)c1ccc2c(c1)OCCC(C(=O)[C@H]1CCCOC1)C2. The van der Waals surface area contributed by atoms with E-state index in [2.05, 4.69) is 0 Å². The molecule has 0 radical (unpaired) electrons. The van der Waals surface area contributed by atoms with E-state index < -0.39 is 0 Å². The molecule has 2 aliphatic heterocycles. The Kier molecular flexibility index (Phi) is 4.96. The second-order valence-corrected chi connectivity index (χ2v) is 6.17. The highest BCUT2D eigenvalue weighted by Gasteiger charge is 2.31. The largest absolute Gasteiger partial charge is 0.493 e. The van der Waals surface area contributed by atoms with Gasteiger partial charge in [-0.2, -0.15) is 0 Å². The fourth-order valence-electron chi connectivity index (χ4n) is 3.32. The molecule has 1 aromatic rings. The van der Waals surface area contributed by atoms with E-state index in [0.717, 1.165) is 25.0 Å². The van der Waals surface area contributed by atoms with Gasteiger partial charge in [-0.3, -0.25) is 4.79 Å². The highest BCUT2D eigenvalue weighted by Crippen LogP contribution is 2.31. The van der Waals surface area contributed by atoms with E-state index in [4.69, 9.17) is 14.2 Å². The molecule has 3 rings (SSSR count). The standard InChI is InChI=1S/C18H22O5/c1-21-18(20)14-5-4-12-9-13(6-8-23-16(12)10-14)17(19)15-3-2-7-22-11-15/h4-5,10,13,15H,2-3,6-9,11H2,1H3/t13?,15-/m0/s1. The van der Waals surface area contributed by atoms with Crippen molar-refractivity contribution < 1.29 is 23.8 Å². The molecule has 0 amide bonds. The molecular weight excluding hydrogens is 296 g/mol. The molecule has 2 heterocycles. The van der Waals surface area contributed by atoms with Gasteiger partial charge in [0.2, 0.25) is 0 Å². The van der Waals surface area contributed by atoms with Crippen LogP contribution in [0.25, 0.3) is 0 Å². The minimum absolute atomic E-state index is 0.0182. The highest BCUT2D eigenvalue weighted by atomic mass is 16.5. The predicted octanol–water partition coefficient (Wildman–Crippen LogP) is 2.41. The quantitative estimate of drug-likeness (QED) is 0.801. The minimum Gasteiger partial charge on any atom is -0.493 e. The van der Waals surface area contributed by atoms with E-state index in [1.54, 1.807) is 12.1 Å². The first kappa shape index (κ1) is 16.0. The van der Waals surface area contributed by atoms with E-state index in [9.17, 15) is 9.59 Å². The zero-order valence-electron chi connectivity index (χ0n) is 13.4. The fraction of sp³-hybridized carbons (Fsp3) is 0.556. The molecule has 2 atom stereocenters. The van der Waals surface area contributed by atoms with Crippen LogP contribution in [0.5, 0.6) is 5.75 Å². The van der Waals surface area contributed by atoms with E-state index in [1.807, 2.05) is 6.07 Å². The first-order valence-electron chi connectivity index (χ1n) is 8.14. The lowest BCUT2D eigenvalue weighted by Gasteiger charge is -2.24. The number of rotatable bonds is 3. The maximum Gasteiger partial charge on any atom is 0.337 e. The Bertz CT molecular complexity index is 589. The Morgan fingerprint density at radius 2 is 2.04 bits per heavy atom. The summed E-state index contributed by atoms with van der Waals surface area (Å²) < 4.78 is 15.9. The molecule has 1 fully saturated rings. The van der Waals surface area contributed by atoms with Crippen LogP contribution in [0, 0.1) is 11.8 Å². The number of ether oxygens (including phenoxy) is 3. The van der Waals surface area contributed by atoms with Gasteiger partial charge in [0.05, 0.1) is 25.9 Å². The molecule has 2 aliphatic rings. The molecule has 0 aliphatic carbocycles. The van der Waals surface area contributed by atoms with Gasteiger partial charge >= 0.3 is 5.97 Å². The van der Waals surface area contributed by atoms with E-state index in [-0.39, 0.29) is 23.6 Å². The fourth-order valence-corrected chi connectivity index (χ4v) is 3.32. The van der Waals surface area contributed by atoms with Crippen molar-refractivity contribution >= 4 is 11.8 Å². The summed E-state index contributed by atoms with van der Waals surface area (Å²) in [6, 6.07) is 5.30. The van der Waals surface area contributed by atoms with Gasteiger partial charge in [-0.05, 0) is 43.4 Å². The van der Waals surface area contributed by atoms with Crippen LogP contribution in [0.2, 0.25) is 0 Å². The third kappa shape index (κ3) is 3.55. The lowest BCUT2D eigenvalue weighted by atomic mass is 9.84. The Morgan fingerprint density at radius 3 is 2.78 bits per heavy atom. The molecule has 23 heavy (non-hydrogen) atoms. The lowest BCUT2D eigenvalue weighted by Crippen LogP contribution is -2.31. The Labute approximate surface area is 135 Å². The molecule has 0 N–H and O–H groups in total. The molecule has 0 aromatic heterocycles. The summed E-state index contributed by atoms with van der Waals surface area (Å²) in [5.74, 6) is 0.575. The number of ketones is 1. The minimum atomic E-state index is -0.382. The second kappa shape index (κ2) is 7.13. The highest BCUT2D eigenvalue weighted by molar-refractivity contribution is 5.90. The molecular formula is C18H22O5. The van der Waals surface area contributed by atoms with Gasteiger partial charge in [-0.15, -0.1) is 0 Å². The third-order valence-electron chi connectivity index (χ3n) is 4.64. The first-order valence-corrected chi connectivity index (χ1v) is 8.14. The Morgan fingerprint density at radius 1 is 1.17 bits per heavy atom. The van der Waals surface area contributed by atoms with Crippen molar-refractivity contribution in [1.82, 2.24) is 0 Å². The third-order valence-corrected chi connectivity index (χ3v) is 4.64. The van der Waals surface area contributed by atoms with Gasteiger partial charge in [0.1, 0.15) is 11.5 Å². The number of fused-ring (bicyclic) bond motifs is 1. The van der Waals surface area contributed by atoms with Crippen molar-refractivity contribution in [3.8, 4) is 5.75 Å². The van der Waals surface area contributed by atoms with Gasteiger partial charge < -0.3 is 14.2 Å². The van der Waals surface area contributed by atoms with E-state index in [0.29, 0.717) is 37.4 Å². The summed E-state index contributed by atoms with van der Waals surface area (Å²) in [6.07, 6.45) is 3.24. The number of methoxy groups -OCH3 is 1. The van der Waals surface area contributed by atoms with Crippen LogP contribution in [-0.2, 0) is 20.7 Å². The smallest absolute Gasteiger partial charge is 0.337 e. The van der Waals surface area contributed by atoms with Crippen LogP contribution in [0.15, 0.2) is 18.2 Å². The van der Waals surface area contributed by atoms with Crippen LogP contribution in [-0.4, -0.2) is 38.7 Å². The summed E-state index contributed by atoms with van der Waals surface area (Å²) >= 11 is 0. The summed E-state index contributed by atoms with van der Waals surface area (Å²) in [5.41, 5.74) is 1.45. The van der Waals surface area contributed by atoms with Crippen molar-refractivity contribution in [2.75, 3.05) is 26.9 Å². The summed E-state index contributed by atoms with van der Waals surface area (Å²) in [7, 11) is 1.36. The van der Waals surface area contributed by atoms with Gasteiger partial charge in [0, 0.05) is 18.4 Å². The molecule has 1 unspecified atom stereocenters. The van der Waals surface area contributed by atoms with Gasteiger partial charge in [-0.25, -0.2) is 4.79 Å². The van der Waals surface area contributed by atoms with Gasteiger partial charge in [0.25, 0.3) is 0 Å². The van der Waals surface area contributed by atoms with Crippen LogP contribution in [0.3, 0.4) is 0 Å². The zero-order chi connectivity index (χ0) is 16.2. The van der Waals surface area contributed by atoms with Crippen molar-refractivity contribution in [2.24, 2.45) is 11.8 Å². The number of carbonyl (C=O) groups excluding carboxylic acids is 2. The molecule has 1 aromatic carbocycles. The monoisotopic (exact) mass is 318 g/mol. The van der Waals surface area contributed by atoms with Crippen molar-refractivity contribution in [1.29, 1.82) is 0 Å². The lowest BCUT2D eigenvalue weighted by molar-refractivity contribution is -0.131.